The number of hydrogen-bond acceptors (Lipinski definition) is 6. The van der Waals surface area contributed by atoms with Crippen LogP contribution in [-0.2, 0) is 16.1 Å². The molecule has 0 radical (unpaired) electrons. The second kappa shape index (κ2) is 6.18. The quantitative estimate of drug-likeness (QED) is 0.387. The number of carbonyl (C=O) groups excluding carboxylic acids is 2. The first-order valence-corrected chi connectivity index (χ1v) is 6.09. The molecule has 1 aromatic carbocycles. The van der Waals surface area contributed by atoms with Crippen LogP contribution in [-0.4, -0.2) is 40.7 Å². The van der Waals surface area contributed by atoms with Crippen molar-refractivity contribution in [2.45, 2.75) is 18.7 Å². The van der Waals surface area contributed by atoms with Gasteiger partial charge < -0.3 is 20.5 Å². The third-order valence-electron chi connectivity index (χ3n) is 3.00. The predicted octanol–water partition coefficient (Wildman–Crippen LogP) is -0.320. The molecule has 1 fully saturated rings. The number of β-lactam (4-membered cyclic amide) rings is 1. The molecule has 0 bridgehead atoms. The molecule has 3 N–H and O–H groups in total. The molecule has 2 rings (SSSR count). The number of aliphatic hydroxyl groups is 1. The highest BCUT2D eigenvalue weighted by atomic mass is 16.6. The van der Waals surface area contributed by atoms with Crippen LogP contribution in [0.3, 0.4) is 0 Å². The van der Waals surface area contributed by atoms with Gasteiger partial charge in [0.2, 0.25) is 5.91 Å². The number of nitrogens with one attached hydrogen (secondary N) is 2. The number of nitrogens with zero attached hydrogens (tertiary/aromatic N) is 1. The summed E-state index contributed by atoms with van der Waals surface area (Å²) >= 11 is 0. The molecule has 9 nitrogen and oxygen atoms in total. The van der Waals surface area contributed by atoms with E-state index in [2.05, 4.69) is 10.6 Å². The molecule has 1 aliphatic heterocycles. The van der Waals surface area contributed by atoms with E-state index in [-0.39, 0.29) is 24.8 Å². The van der Waals surface area contributed by atoms with Gasteiger partial charge in [-0.3, -0.25) is 14.9 Å². The van der Waals surface area contributed by atoms with Gasteiger partial charge in [0.05, 0.1) is 17.6 Å². The molecule has 21 heavy (non-hydrogen) atoms. The lowest BCUT2D eigenvalue weighted by molar-refractivity contribution is -0.384. The Balaban J connectivity index is 1.81. The molecule has 1 saturated heterocycles. The molecule has 1 heterocycles. The SMILES string of the molecule is O=C(NC1C(=O)NC1CO)OCc1ccc([N+](=O)[O-])cc1. The highest BCUT2D eigenvalue weighted by Gasteiger charge is 2.40. The number of non-ortho nitro benzene ring substituents is 1. The number of aliphatic hydroxyl groups excluding tert-OH is 1. The zero-order valence-corrected chi connectivity index (χ0v) is 10.8. The summed E-state index contributed by atoms with van der Waals surface area (Å²) in [5.41, 5.74) is 0.521. The number of hydrogen-bond donors (Lipinski definition) is 3. The topological polar surface area (TPSA) is 131 Å². The smallest absolute Gasteiger partial charge is 0.408 e. The molecule has 112 valence electrons. The lowest BCUT2D eigenvalue weighted by Gasteiger charge is -2.35. The number of nitro groups is 1. The largest absolute Gasteiger partial charge is 0.445 e. The summed E-state index contributed by atoms with van der Waals surface area (Å²) in [6.45, 7) is -0.360. The molecule has 0 spiro atoms. The molecule has 2 unspecified atom stereocenters. The summed E-state index contributed by atoms with van der Waals surface area (Å²) in [4.78, 5) is 32.6. The molecular formula is C12H13N3O6. The number of amides is 2. The van der Waals surface area contributed by atoms with E-state index in [0.29, 0.717) is 5.56 Å². The van der Waals surface area contributed by atoms with Crippen molar-refractivity contribution < 1.29 is 24.4 Å². The number of benzene rings is 1. The fourth-order valence-corrected chi connectivity index (χ4v) is 1.79. The van der Waals surface area contributed by atoms with Crippen molar-refractivity contribution in [1.82, 2.24) is 10.6 Å². The molecule has 1 aromatic rings. The van der Waals surface area contributed by atoms with Crippen molar-refractivity contribution in [3.8, 4) is 0 Å². The second-order valence-corrected chi connectivity index (χ2v) is 4.42. The van der Waals surface area contributed by atoms with Crippen molar-refractivity contribution in [2.24, 2.45) is 0 Å². The van der Waals surface area contributed by atoms with Crippen LogP contribution >= 0.6 is 0 Å². The van der Waals surface area contributed by atoms with Gasteiger partial charge in [-0.1, -0.05) is 0 Å². The lowest BCUT2D eigenvalue weighted by atomic mass is 10.0. The zero-order valence-electron chi connectivity index (χ0n) is 10.8. The van der Waals surface area contributed by atoms with Crippen molar-refractivity contribution in [3.05, 3.63) is 39.9 Å². The minimum atomic E-state index is -0.806. The van der Waals surface area contributed by atoms with Crippen molar-refractivity contribution >= 4 is 17.7 Å². The van der Waals surface area contributed by atoms with Crippen LogP contribution in [0.1, 0.15) is 5.56 Å². The molecule has 9 heteroatoms. The van der Waals surface area contributed by atoms with E-state index in [0.717, 1.165) is 0 Å². The van der Waals surface area contributed by atoms with E-state index in [1.54, 1.807) is 0 Å². The summed E-state index contributed by atoms with van der Waals surface area (Å²) in [7, 11) is 0. The molecule has 0 saturated carbocycles. The van der Waals surface area contributed by atoms with Gasteiger partial charge in [-0.25, -0.2) is 4.79 Å². The fourth-order valence-electron chi connectivity index (χ4n) is 1.79. The number of rotatable bonds is 5. The van der Waals surface area contributed by atoms with Crippen LogP contribution in [0.4, 0.5) is 10.5 Å². The second-order valence-electron chi connectivity index (χ2n) is 4.42. The summed E-state index contributed by atoms with van der Waals surface area (Å²) in [6, 6.07) is 4.23. The average Bonchev–Trinajstić information content (AvgIpc) is 2.48. The van der Waals surface area contributed by atoms with Crippen molar-refractivity contribution in [1.29, 1.82) is 0 Å². The Morgan fingerprint density at radius 3 is 2.62 bits per heavy atom. The Bertz CT molecular complexity index is 559. The summed E-state index contributed by atoms with van der Waals surface area (Å²) < 4.78 is 4.89. The Morgan fingerprint density at radius 2 is 2.10 bits per heavy atom. The number of carbonyl (C=O) groups is 2. The molecule has 0 aliphatic carbocycles. The van der Waals surface area contributed by atoms with E-state index in [1.165, 1.54) is 24.3 Å². The summed E-state index contributed by atoms with van der Waals surface area (Å²) in [6.07, 6.45) is -0.799. The van der Waals surface area contributed by atoms with Crippen LogP contribution in [0, 0.1) is 10.1 Å². The van der Waals surface area contributed by atoms with Gasteiger partial charge >= 0.3 is 6.09 Å². The molecule has 0 aromatic heterocycles. The highest BCUT2D eigenvalue weighted by Crippen LogP contribution is 2.12. The first-order valence-electron chi connectivity index (χ1n) is 6.09. The van der Waals surface area contributed by atoms with Crippen molar-refractivity contribution in [2.75, 3.05) is 6.61 Å². The van der Waals surface area contributed by atoms with Gasteiger partial charge in [-0.05, 0) is 17.7 Å². The van der Waals surface area contributed by atoms with Crippen molar-refractivity contribution in [3.63, 3.8) is 0 Å². The van der Waals surface area contributed by atoms with E-state index in [1.807, 2.05) is 0 Å². The van der Waals surface area contributed by atoms with E-state index in [9.17, 15) is 19.7 Å². The minimum absolute atomic E-state index is 0.0554. The van der Waals surface area contributed by atoms with E-state index < -0.39 is 23.1 Å². The highest BCUT2D eigenvalue weighted by molar-refractivity contribution is 5.92. The molecule has 1 aliphatic rings. The Morgan fingerprint density at radius 1 is 1.43 bits per heavy atom. The van der Waals surface area contributed by atoms with Gasteiger partial charge in [0.25, 0.3) is 5.69 Å². The van der Waals surface area contributed by atoms with Crippen LogP contribution in [0.5, 0.6) is 0 Å². The molecule has 2 atom stereocenters. The number of alkyl carbamates (subject to hydrolysis) is 1. The maximum absolute atomic E-state index is 11.5. The Hall–Kier alpha value is -2.68. The van der Waals surface area contributed by atoms with Gasteiger partial charge in [0, 0.05) is 12.1 Å². The monoisotopic (exact) mass is 295 g/mol. The fraction of sp³-hybridized carbons (Fsp3) is 0.333. The third-order valence-corrected chi connectivity index (χ3v) is 3.00. The number of nitro benzene ring substituents is 1. The normalized spacial score (nSPS) is 20.1. The maximum atomic E-state index is 11.5. The first kappa shape index (κ1) is 14.7. The van der Waals surface area contributed by atoms with E-state index in [4.69, 9.17) is 9.84 Å². The Labute approximate surface area is 119 Å². The lowest BCUT2D eigenvalue weighted by Crippen LogP contribution is -2.70. The third kappa shape index (κ3) is 3.45. The first-order chi connectivity index (χ1) is 10.0. The van der Waals surface area contributed by atoms with Gasteiger partial charge in [-0.15, -0.1) is 0 Å². The zero-order chi connectivity index (χ0) is 15.4. The molecular weight excluding hydrogens is 282 g/mol. The molecule has 2 amide bonds. The predicted molar refractivity (Wildman–Crippen MR) is 69.2 cm³/mol. The van der Waals surface area contributed by atoms with Crippen LogP contribution in [0.25, 0.3) is 0 Å². The maximum Gasteiger partial charge on any atom is 0.408 e. The van der Waals surface area contributed by atoms with Crippen LogP contribution in [0.2, 0.25) is 0 Å². The van der Waals surface area contributed by atoms with Gasteiger partial charge in [0.15, 0.2) is 0 Å². The van der Waals surface area contributed by atoms with Crippen LogP contribution < -0.4 is 10.6 Å². The van der Waals surface area contributed by atoms with Crippen LogP contribution in [0.15, 0.2) is 24.3 Å². The van der Waals surface area contributed by atoms with Gasteiger partial charge in [0.1, 0.15) is 12.6 Å². The summed E-state index contributed by atoms with van der Waals surface area (Å²) in [5.74, 6) is -0.388. The minimum Gasteiger partial charge on any atom is -0.445 e. The number of ether oxygens (including phenoxy) is 1. The van der Waals surface area contributed by atoms with Gasteiger partial charge in [-0.2, -0.15) is 0 Å². The Kier molecular flexibility index (Phi) is 4.33. The van der Waals surface area contributed by atoms with E-state index >= 15 is 0 Å². The standard InChI is InChI=1S/C12H13N3O6/c16-5-9-10(11(17)13-9)14-12(18)21-6-7-1-3-8(4-2-7)15(19)20/h1-4,9-10,16H,5-6H2,(H,13,17)(H,14,18). The summed E-state index contributed by atoms with van der Waals surface area (Å²) in [5, 5.41) is 24.1. The average molecular weight is 295 g/mol.